The topological polar surface area (TPSA) is 121 Å². The number of amides is 2. The lowest BCUT2D eigenvalue weighted by Crippen LogP contribution is -2.57. The lowest BCUT2D eigenvalue weighted by Gasteiger charge is -2.48. The fourth-order valence-corrected chi connectivity index (χ4v) is 7.33. The minimum Gasteiger partial charge on any atom is -0.490 e. The number of fused-ring (bicyclic) bond motifs is 3. The summed E-state index contributed by atoms with van der Waals surface area (Å²) in [5, 5.41) is 1.06. The maximum absolute atomic E-state index is 11.9. The van der Waals surface area contributed by atoms with Crippen LogP contribution in [-0.4, -0.2) is 59.6 Å². The Morgan fingerprint density at radius 3 is 2.64 bits per heavy atom. The van der Waals surface area contributed by atoms with Gasteiger partial charge in [-0.1, -0.05) is 0 Å². The number of thiophene rings is 1. The first-order valence-corrected chi connectivity index (χ1v) is 12.7. The molecule has 3 aliphatic rings. The average Bonchev–Trinajstić information content (AvgIpc) is 3.35. The molecule has 9 heteroatoms. The number of nitrogens with two attached hydrogens (primary N) is 2. The molecule has 2 fully saturated rings. The standard InChI is InChI=1S/C24H32N4O4S/c25-19(29)13-15-1-2-18-21(15)22-17(5-8-27-23(22)33-18)32-16-3-6-24(7-4-16,14-20(26)30)28-9-11-31-12-10-28/h5,8,15-16H,1-4,6-7,9-14H2,(H2,25,29)(H2,26,30)/t15-,16-,24-/m1/s1. The molecule has 1 saturated carbocycles. The minimum atomic E-state index is -0.264. The fraction of sp³-hybridized carbons (Fsp3) is 0.625. The molecule has 1 saturated heterocycles. The number of pyridine rings is 1. The molecule has 0 spiro atoms. The molecule has 3 heterocycles. The Labute approximate surface area is 197 Å². The Kier molecular flexibility index (Phi) is 6.28. The van der Waals surface area contributed by atoms with E-state index >= 15 is 0 Å². The van der Waals surface area contributed by atoms with Gasteiger partial charge >= 0.3 is 0 Å². The number of primary amides is 2. The van der Waals surface area contributed by atoms with Crippen LogP contribution in [0.1, 0.15) is 61.3 Å². The summed E-state index contributed by atoms with van der Waals surface area (Å²) in [6, 6.07) is 1.95. The number of hydrogen-bond donors (Lipinski definition) is 2. The third kappa shape index (κ3) is 4.46. The molecular formula is C24H32N4O4S. The number of aryl methyl sites for hydroxylation is 1. The van der Waals surface area contributed by atoms with Gasteiger partial charge in [-0.2, -0.15) is 0 Å². The molecule has 33 heavy (non-hydrogen) atoms. The van der Waals surface area contributed by atoms with Gasteiger partial charge in [0.2, 0.25) is 11.8 Å². The Balaban J connectivity index is 1.35. The van der Waals surface area contributed by atoms with Crippen molar-refractivity contribution < 1.29 is 19.1 Å². The van der Waals surface area contributed by atoms with Gasteiger partial charge in [0.05, 0.1) is 24.7 Å². The van der Waals surface area contributed by atoms with E-state index in [1.54, 1.807) is 17.5 Å². The molecule has 0 aromatic carbocycles. The van der Waals surface area contributed by atoms with Crippen molar-refractivity contribution in [1.29, 1.82) is 0 Å². The van der Waals surface area contributed by atoms with E-state index in [-0.39, 0.29) is 29.4 Å². The maximum Gasteiger partial charge on any atom is 0.219 e. The van der Waals surface area contributed by atoms with Crippen molar-refractivity contribution in [2.45, 2.75) is 68.9 Å². The van der Waals surface area contributed by atoms with Crippen LogP contribution in [-0.2, 0) is 20.7 Å². The summed E-state index contributed by atoms with van der Waals surface area (Å²) in [6.45, 7) is 3.08. The summed E-state index contributed by atoms with van der Waals surface area (Å²) >= 11 is 1.71. The number of carbonyl (C=O) groups is 2. The summed E-state index contributed by atoms with van der Waals surface area (Å²) in [4.78, 5) is 32.8. The van der Waals surface area contributed by atoms with Gasteiger partial charge in [-0.25, -0.2) is 4.98 Å². The van der Waals surface area contributed by atoms with Crippen molar-refractivity contribution >= 4 is 33.4 Å². The van der Waals surface area contributed by atoms with Crippen molar-refractivity contribution in [3.8, 4) is 5.75 Å². The van der Waals surface area contributed by atoms with E-state index in [0.717, 1.165) is 67.6 Å². The van der Waals surface area contributed by atoms with Crippen molar-refractivity contribution in [3.63, 3.8) is 0 Å². The molecule has 1 atom stereocenters. The first-order chi connectivity index (χ1) is 15.9. The molecule has 5 rings (SSSR count). The number of morpholine rings is 1. The molecule has 1 aliphatic heterocycles. The average molecular weight is 473 g/mol. The van der Waals surface area contributed by atoms with E-state index in [0.29, 0.717) is 26.1 Å². The molecule has 8 nitrogen and oxygen atoms in total. The van der Waals surface area contributed by atoms with E-state index < -0.39 is 0 Å². The fourth-order valence-electron chi connectivity index (χ4n) is 6.07. The van der Waals surface area contributed by atoms with Crippen LogP contribution in [0.25, 0.3) is 10.2 Å². The Hall–Kier alpha value is -2.23. The highest BCUT2D eigenvalue weighted by atomic mass is 32.1. The van der Waals surface area contributed by atoms with Crippen LogP contribution in [0, 0.1) is 0 Å². The van der Waals surface area contributed by atoms with Crippen LogP contribution >= 0.6 is 11.3 Å². The Morgan fingerprint density at radius 1 is 1.18 bits per heavy atom. The van der Waals surface area contributed by atoms with Gasteiger partial charge in [-0.3, -0.25) is 14.5 Å². The lowest BCUT2D eigenvalue weighted by atomic mass is 9.76. The van der Waals surface area contributed by atoms with E-state index in [1.807, 2.05) is 6.07 Å². The number of carbonyl (C=O) groups excluding carboxylic acids is 2. The Bertz CT molecular complexity index is 1040. The summed E-state index contributed by atoms with van der Waals surface area (Å²) in [5.74, 6) is 0.493. The molecule has 2 aromatic rings. The van der Waals surface area contributed by atoms with Crippen molar-refractivity contribution in [2.24, 2.45) is 11.5 Å². The summed E-state index contributed by atoms with van der Waals surface area (Å²) in [6.07, 6.45) is 8.03. The van der Waals surface area contributed by atoms with E-state index in [2.05, 4.69) is 9.88 Å². The predicted octanol–water partition coefficient (Wildman–Crippen LogP) is 2.47. The highest BCUT2D eigenvalue weighted by Gasteiger charge is 2.42. The first kappa shape index (κ1) is 22.6. The van der Waals surface area contributed by atoms with Crippen LogP contribution in [0.2, 0.25) is 0 Å². The van der Waals surface area contributed by atoms with Gasteiger partial charge in [-0.05, 0) is 56.1 Å². The van der Waals surface area contributed by atoms with Gasteiger partial charge in [0.15, 0.2) is 0 Å². The van der Waals surface area contributed by atoms with Crippen LogP contribution in [0.5, 0.6) is 5.75 Å². The minimum absolute atomic E-state index is 0.0733. The van der Waals surface area contributed by atoms with Crippen molar-refractivity contribution in [3.05, 3.63) is 22.7 Å². The highest BCUT2D eigenvalue weighted by molar-refractivity contribution is 7.19. The zero-order valence-electron chi connectivity index (χ0n) is 18.9. The lowest BCUT2D eigenvalue weighted by molar-refractivity contribution is -0.124. The monoisotopic (exact) mass is 472 g/mol. The van der Waals surface area contributed by atoms with Crippen molar-refractivity contribution in [1.82, 2.24) is 9.88 Å². The van der Waals surface area contributed by atoms with Gasteiger partial charge < -0.3 is 20.9 Å². The molecule has 0 unspecified atom stereocenters. The van der Waals surface area contributed by atoms with Crippen LogP contribution in [0.4, 0.5) is 0 Å². The number of ether oxygens (including phenoxy) is 2. The zero-order chi connectivity index (χ0) is 23.0. The quantitative estimate of drug-likeness (QED) is 0.639. The molecule has 2 amide bonds. The van der Waals surface area contributed by atoms with E-state index in [1.165, 1.54) is 10.4 Å². The third-order valence-corrected chi connectivity index (χ3v) is 8.76. The zero-order valence-corrected chi connectivity index (χ0v) is 19.7. The number of aromatic nitrogens is 1. The number of rotatable bonds is 7. The first-order valence-electron chi connectivity index (χ1n) is 11.9. The van der Waals surface area contributed by atoms with Gasteiger partial charge in [0, 0.05) is 42.5 Å². The second-order valence-electron chi connectivity index (χ2n) is 9.62. The van der Waals surface area contributed by atoms with E-state index in [4.69, 9.17) is 20.9 Å². The second-order valence-corrected chi connectivity index (χ2v) is 10.7. The Morgan fingerprint density at radius 2 is 1.94 bits per heavy atom. The normalized spacial score (nSPS) is 28.0. The van der Waals surface area contributed by atoms with Crippen molar-refractivity contribution in [2.75, 3.05) is 26.3 Å². The van der Waals surface area contributed by atoms with Gasteiger partial charge in [0.25, 0.3) is 0 Å². The highest BCUT2D eigenvalue weighted by Crippen LogP contribution is 2.48. The summed E-state index contributed by atoms with van der Waals surface area (Å²) in [5.41, 5.74) is 12.2. The van der Waals surface area contributed by atoms with Gasteiger partial charge in [-0.15, -0.1) is 11.3 Å². The largest absolute Gasteiger partial charge is 0.490 e. The summed E-state index contributed by atoms with van der Waals surface area (Å²) in [7, 11) is 0. The molecule has 0 radical (unpaired) electrons. The molecule has 2 aliphatic carbocycles. The molecule has 4 N–H and O–H groups in total. The van der Waals surface area contributed by atoms with Crippen LogP contribution in [0.15, 0.2) is 12.3 Å². The molecule has 178 valence electrons. The molecule has 2 aromatic heterocycles. The van der Waals surface area contributed by atoms with Gasteiger partial charge in [0.1, 0.15) is 10.6 Å². The molecule has 0 bridgehead atoms. The van der Waals surface area contributed by atoms with Crippen LogP contribution < -0.4 is 16.2 Å². The number of hydrogen-bond acceptors (Lipinski definition) is 7. The smallest absolute Gasteiger partial charge is 0.219 e. The second kappa shape index (κ2) is 9.19. The SMILES string of the molecule is NC(=O)C[C@H]1CCc2sc3nccc(O[C@H]4CC[C@](CC(N)=O)(N5CCOCC5)CC4)c3c21. The number of nitrogens with zero attached hydrogens (tertiary/aromatic N) is 2. The third-order valence-electron chi connectivity index (χ3n) is 7.59. The maximum atomic E-state index is 11.9. The van der Waals surface area contributed by atoms with E-state index in [9.17, 15) is 9.59 Å². The molecular weight excluding hydrogens is 440 g/mol. The van der Waals surface area contributed by atoms with Crippen LogP contribution in [0.3, 0.4) is 0 Å². The summed E-state index contributed by atoms with van der Waals surface area (Å²) < 4.78 is 12.1. The predicted molar refractivity (Wildman–Crippen MR) is 126 cm³/mol.